The van der Waals surface area contributed by atoms with Crippen molar-refractivity contribution in [3.8, 4) is 0 Å². The second-order valence-electron chi connectivity index (χ2n) is 6.54. The predicted octanol–water partition coefficient (Wildman–Crippen LogP) is 2.56. The number of amides is 1. The molecule has 1 atom stereocenters. The molecular weight excluding hydrogens is 338 g/mol. The number of hydrogen-bond acceptors (Lipinski definition) is 5. The molecule has 0 radical (unpaired) electrons. The highest BCUT2D eigenvalue weighted by molar-refractivity contribution is 7.18. The zero-order chi connectivity index (χ0) is 18.0. The van der Waals surface area contributed by atoms with Gasteiger partial charge in [-0.25, -0.2) is 4.98 Å². The van der Waals surface area contributed by atoms with E-state index in [1.165, 1.54) is 11.3 Å². The fourth-order valence-electron chi connectivity index (χ4n) is 3.24. The average Bonchev–Trinajstić information content (AvgIpc) is 3.19. The molecule has 2 aromatic rings. The van der Waals surface area contributed by atoms with Crippen LogP contribution in [0.5, 0.6) is 0 Å². The van der Waals surface area contributed by atoms with E-state index in [-0.39, 0.29) is 17.6 Å². The van der Waals surface area contributed by atoms with Gasteiger partial charge >= 0.3 is 0 Å². The van der Waals surface area contributed by atoms with E-state index in [1.54, 1.807) is 0 Å². The van der Waals surface area contributed by atoms with Crippen molar-refractivity contribution in [3.63, 3.8) is 0 Å². The highest BCUT2D eigenvalue weighted by Gasteiger charge is 2.21. The van der Waals surface area contributed by atoms with Gasteiger partial charge in [0.2, 0.25) is 5.91 Å². The third-order valence-corrected chi connectivity index (χ3v) is 5.95. The Hall–Kier alpha value is -1.73. The second kappa shape index (κ2) is 7.66. The molecule has 0 aromatic carbocycles. The quantitative estimate of drug-likeness (QED) is 0.856. The van der Waals surface area contributed by atoms with Gasteiger partial charge in [-0.05, 0) is 39.2 Å². The van der Waals surface area contributed by atoms with E-state index in [4.69, 9.17) is 4.74 Å². The first-order chi connectivity index (χ1) is 12.0. The molecule has 0 saturated carbocycles. The summed E-state index contributed by atoms with van der Waals surface area (Å²) >= 11 is 1.53. The fraction of sp³-hybridized carbons (Fsp3) is 0.611. The van der Waals surface area contributed by atoms with Gasteiger partial charge in [-0.1, -0.05) is 0 Å². The molecule has 1 aliphatic rings. The van der Waals surface area contributed by atoms with Crippen LogP contribution < -0.4 is 5.56 Å². The number of H-pyrrole nitrogens is 1. The van der Waals surface area contributed by atoms with Crippen molar-refractivity contribution in [2.75, 3.05) is 19.7 Å². The Labute approximate surface area is 151 Å². The van der Waals surface area contributed by atoms with Crippen molar-refractivity contribution >= 4 is 27.5 Å². The topological polar surface area (TPSA) is 75.3 Å². The molecule has 1 amide bonds. The third kappa shape index (κ3) is 3.93. The minimum absolute atomic E-state index is 0.0827. The molecule has 0 spiro atoms. The zero-order valence-corrected chi connectivity index (χ0v) is 15.9. The highest BCUT2D eigenvalue weighted by Crippen LogP contribution is 2.25. The Kier molecular flexibility index (Phi) is 5.54. The highest BCUT2D eigenvalue weighted by atomic mass is 32.1. The number of carbonyl (C=O) groups is 1. The number of nitrogens with one attached hydrogen (secondary N) is 1. The lowest BCUT2D eigenvalue weighted by Gasteiger charge is -2.24. The van der Waals surface area contributed by atoms with E-state index in [0.29, 0.717) is 37.1 Å². The molecule has 1 N–H and O–H groups in total. The maximum Gasteiger partial charge on any atom is 0.259 e. The van der Waals surface area contributed by atoms with Crippen LogP contribution in [0, 0.1) is 13.8 Å². The summed E-state index contributed by atoms with van der Waals surface area (Å²) in [4.78, 5) is 35.9. The third-order valence-electron chi connectivity index (χ3n) is 4.85. The van der Waals surface area contributed by atoms with Crippen molar-refractivity contribution in [1.29, 1.82) is 0 Å². The first kappa shape index (κ1) is 18.1. The lowest BCUT2D eigenvalue weighted by Crippen LogP contribution is -2.37. The molecule has 0 aliphatic carbocycles. The van der Waals surface area contributed by atoms with E-state index in [1.807, 2.05) is 25.7 Å². The van der Waals surface area contributed by atoms with E-state index < -0.39 is 0 Å². The number of hydrogen-bond donors (Lipinski definition) is 1. The van der Waals surface area contributed by atoms with E-state index in [2.05, 4.69) is 9.97 Å². The molecule has 1 fully saturated rings. The van der Waals surface area contributed by atoms with Crippen molar-refractivity contribution in [1.82, 2.24) is 14.9 Å². The normalized spacial score (nSPS) is 17.3. The predicted molar refractivity (Wildman–Crippen MR) is 99.3 cm³/mol. The summed E-state index contributed by atoms with van der Waals surface area (Å²) in [6.45, 7) is 8.04. The Morgan fingerprint density at radius 3 is 2.92 bits per heavy atom. The SMILES string of the molecule is CCN(CC1CCCO1)C(=O)CCc1nc2sc(C)c(C)c2c(=O)[nH]1. The standard InChI is InChI=1S/C18H25N3O3S/c1-4-21(10-13-6-5-9-24-13)15(22)8-7-14-19-17(23)16-11(2)12(3)25-18(16)20-14/h13H,4-10H2,1-3H3,(H,19,20,23). The van der Waals surface area contributed by atoms with Crippen molar-refractivity contribution in [2.24, 2.45) is 0 Å². The smallest absolute Gasteiger partial charge is 0.259 e. The zero-order valence-electron chi connectivity index (χ0n) is 15.1. The van der Waals surface area contributed by atoms with Crippen LogP contribution in [-0.4, -0.2) is 46.6 Å². The number of rotatable bonds is 6. The number of thiophene rings is 1. The molecular formula is C18H25N3O3S. The van der Waals surface area contributed by atoms with E-state index in [9.17, 15) is 9.59 Å². The van der Waals surface area contributed by atoms with Crippen LogP contribution in [0.1, 0.15) is 42.5 Å². The Bertz CT molecular complexity index is 821. The minimum atomic E-state index is -0.110. The monoisotopic (exact) mass is 363 g/mol. The van der Waals surface area contributed by atoms with Gasteiger partial charge in [0.1, 0.15) is 10.7 Å². The number of carbonyl (C=O) groups excluding carboxylic acids is 1. The Morgan fingerprint density at radius 2 is 2.24 bits per heavy atom. The molecule has 1 saturated heterocycles. The average molecular weight is 363 g/mol. The van der Waals surface area contributed by atoms with Gasteiger partial charge in [0.15, 0.2) is 0 Å². The summed E-state index contributed by atoms with van der Waals surface area (Å²) in [6.07, 6.45) is 3.05. The van der Waals surface area contributed by atoms with Crippen molar-refractivity contribution < 1.29 is 9.53 Å². The molecule has 7 heteroatoms. The number of likely N-dealkylation sites (N-methyl/N-ethyl adjacent to an activating group) is 1. The second-order valence-corrected chi connectivity index (χ2v) is 7.75. The van der Waals surface area contributed by atoms with E-state index in [0.717, 1.165) is 34.7 Å². The van der Waals surface area contributed by atoms with Crippen molar-refractivity contribution in [3.05, 3.63) is 26.6 Å². The Balaban J connectivity index is 1.66. The van der Waals surface area contributed by atoms with Crippen LogP contribution in [0.25, 0.3) is 10.2 Å². The van der Waals surface area contributed by atoms with Crippen LogP contribution in [0.4, 0.5) is 0 Å². The maximum atomic E-state index is 12.5. The van der Waals surface area contributed by atoms with Gasteiger partial charge < -0.3 is 14.6 Å². The Morgan fingerprint density at radius 1 is 1.44 bits per heavy atom. The summed E-state index contributed by atoms with van der Waals surface area (Å²) < 4.78 is 5.62. The first-order valence-corrected chi connectivity index (χ1v) is 9.69. The van der Waals surface area contributed by atoms with Gasteiger partial charge in [-0.15, -0.1) is 11.3 Å². The van der Waals surface area contributed by atoms with Crippen LogP contribution >= 0.6 is 11.3 Å². The van der Waals surface area contributed by atoms with Crippen LogP contribution in [0.3, 0.4) is 0 Å². The van der Waals surface area contributed by atoms with Gasteiger partial charge in [0.05, 0.1) is 11.5 Å². The number of aryl methyl sites for hydroxylation is 3. The molecule has 136 valence electrons. The number of fused-ring (bicyclic) bond motifs is 1. The summed E-state index contributed by atoms with van der Waals surface area (Å²) in [5.41, 5.74) is 0.881. The van der Waals surface area contributed by atoms with Gasteiger partial charge in [-0.2, -0.15) is 0 Å². The minimum Gasteiger partial charge on any atom is -0.376 e. The maximum absolute atomic E-state index is 12.5. The number of aromatic nitrogens is 2. The molecule has 25 heavy (non-hydrogen) atoms. The summed E-state index contributed by atoms with van der Waals surface area (Å²) in [5, 5.41) is 0.672. The van der Waals surface area contributed by atoms with Gasteiger partial charge in [0, 0.05) is 37.4 Å². The lowest BCUT2D eigenvalue weighted by atomic mass is 10.2. The van der Waals surface area contributed by atoms with Crippen molar-refractivity contribution in [2.45, 2.75) is 52.6 Å². The summed E-state index contributed by atoms with van der Waals surface area (Å²) in [5.74, 6) is 0.666. The van der Waals surface area contributed by atoms with Crippen LogP contribution in [-0.2, 0) is 16.0 Å². The molecule has 3 rings (SSSR count). The number of aromatic amines is 1. The number of nitrogens with zero attached hydrogens (tertiary/aromatic N) is 2. The molecule has 1 aliphatic heterocycles. The van der Waals surface area contributed by atoms with Gasteiger partial charge in [0.25, 0.3) is 5.56 Å². The molecule has 2 aromatic heterocycles. The van der Waals surface area contributed by atoms with Crippen LogP contribution in [0.2, 0.25) is 0 Å². The largest absolute Gasteiger partial charge is 0.376 e. The molecule has 0 bridgehead atoms. The fourth-order valence-corrected chi connectivity index (χ4v) is 4.29. The molecule has 3 heterocycles. The van der Waals surface area contributed by atoms with Crippen LogP contribution in [0.15, 0.2) is 4.79 Å². The summed E-state index contributed by atoms with van der Waals surface area (Å²) in [6, 6.07) is 0. The molecule has 1 unspecified atom stereocenters. The molecule has 6 nitrogen and oxygen atoms in total. The van der Waals surface area contributed by atoms with Gasteiger partial charge in [-0.3, -0.25) is 9.59 Å². The number of ether oxygens (including phenoxy) is 1. The summed E-state index contributed by atoms with van der Waals surface area (Å²) in [7, 11) is 0. The first-order valence-electron chi connectivity index (χ1n) is 8.87. The van der Waals surface area contributed by atoms with E-state index >= 15 is 0 Å². The lowest BCUT2D eigenvalue weighted by molar-refractivity contribution is -0.132.